The van der Waals surface area contributed by atoms with Crippen LogP contribution in [0.2, 0.25) is 18.6 Å². The van der Waals surface area contributed by atoms with Crippen molar-refractivity contribution in [2.45, 2.75) is 59.7 Å². The Balaban J connectivity index is 0.000000990. The summed E-state index contributed by atoms with van der Waals surface area (Å²) < 4.78 is 2.64. The van der Waals surface area contributed by atoms with Gasteiger partial charge in [0.25, 0.3) is 0 Å². The van der Waals surface area contributed by atoms with E-state index in [-0.39, 0.29) is 7.43 Å². The Bertz CT molecular complexity index is 574. The molecule has 4 atom stereocenters. The molecule has 1 heterocycles. The maximum atomic E-state index is 4.89. The fourth-order valence-corrected chi connectivity index (χ4v) is 9.77. The number of fused-ring (bicyclic) bond motifs is 1. The van der Waals surface area contributed by atoms with Gasteiger partial charge in [0.2, 0.25) is 0 Å². The van der Waals surface area contributed by atoms with Crippen LogP contribution in [0, 0.1) is 37.0 Å². The molecule has 0 radical (unpaired) electrons. The van der Waals surface area contributed by atoms with Gasteiger partial charge in [-0.1, -0.05) is 65.4 Å². The van der Waals surface area contributed by atoms with Crippen molar-refractivity contribution >= 4 is 26.8 Å². The summed E-state index contributed by atoms with van der Waals surface area (Å²) in [5.74, 6) is 3.55. The van der Waals surface area contributed by atoms with Crippen LogP contribution in [0.1, 0.15) is 41.0 Å². The zero-order valence-corrected chi connectivity index (χ0v) is 23.6. The van der Waals surface area contributed by atoms with E-state index in [0.29, 0.717) is 18.5 Å². The van der Waals surface area contributed by atoms with Gasteiger partial charge in [0.05, 0.1) is 0 Å². The van der Waals surface area contributed by atoms with Crippen LogP contribution in [-0.2, 0) is 17.0 Å². The third-order valence-corrected chi connectivity index (χ3v) is 11.5. The molecular formula is C22H40Cl2N3SiTi+. The molecule has 0 bridgehead atoms. The van der Waals surface area contributed by atoms with E-state index in [1.54, 1.807) is 11.1 Å². The molecule has 0 spiro atoms. The van der Waals surface area contributed by atoms with Gasteiger partial charge in [-0.05, 0) is 47.1 Å². The quantitative estimate of drug-likeness (QED) is 0.291. The molecular weight excluding hydrogens is 453 g/mol. The van der Waals surface area contributed by atoms with Crippen molar-refractivity contribution in [3.8, 4) is 0 Å². The first-order valence-corrected chi connectivity index (χ1v) is 17.9. The Kier molecular flexibility index (Phi) is 11.7. The van der Waals surface area contributed by atoms with Crippen molar-refractivity contribution < 1.29 is 17.0 Å². The standard InChI is InChI=1S/C21H37N3Si.CH3.2ClH.Ti/c1-14(2)17-9-18(15(3)4)19-8-16(5)21(20(19)10-17)25(6,7)24-12-22-11-23-13-24;;;;/h9-10,14-16,19-21H,8,11-13H2,1-7H3;1H3;2*1H;/q-2;-1;;;+6/p-2. The molecule has 29 heavy (non-hydrogen) atoms. The van der Waals surface area contributed by atoms with Crippen LogP contribution in [-0.4, -0.2) is 32.8 Å². The van der Waals surface area contributed by atoms with Crippen LogP contribution < -0.4 is 0 Å². The Hall–Kier alpha value is 0.871. The van der Waals surface area contributed by atoms with Crippen molar-refractivity contribution in [2.24, 2.45) is 29.6 Å². The van der Waals surface area contributed by atoms with E-state index < -0.39 is 25.3 Å². The van der Waals surface area contributed by atoms with E-state index in [4.69, 9.17) is 18.6 Å². The van der Waals surface area contributed by atoms with Gasteiger partial charge in [0, 0.05) is 0 Å². The second-order valence-electron chi connectivity index (χ2n) is 9.68. The van der Waals surface area contributed by atoms with Crippen LogP contribution in [0.4, 0.5) is 0 Å². The van der Waals surface area contributed by atoms with E-state index in [9.17, 15) is 0 Å². The van der Waals surface area contributed by atoms with Crippen molar-refractivity contribution in [3.63, 3.8) is 0 Å². The van der Waals surface area contributed by atoms with E-state index in [1.165, 1.54) is 6.42 Å². The van der Waals surface area contributed by atoms with Gasteiger partial charge >= 0.3 is 35.6 Å². The maximum absolute atomic E-state index is 4.89. The van der Waals surface area contributed by atoms with Crippen molar-refractivity contribution in [3.05, 3.63) is 41.4 Å². The molecule has 3 aliphatic rings. The van der Waals surface area contributed by atoms with Gasteiger partial charge in [-0.25, -0.2) is 0 Å². The van der Waals surface area contributed by atoms with Crippen molar-refractivity contribution in [1.29, 1.82) is 0 Å². The summed E-state index contributed by atoms with van der Waals surface area (Å²) in [7, 11) is 8.18. The molecule has 0 amide bonds. The minimum absolute atomic E-state index is 0. The Labute approximate surface area is 198 Å². The monoisotopic (exact) mass is 492 g/mol. The molecule has 0 aromatic heterocycles. The van der Waals surface area contributed by atoms with Gasteiger partial charge in [0.1, 0.15) is 8.24 Å². The summed E-state index contributed by atoms with van der Waals surface area (Å²) >= 11 is -0.556. The summed E-state index contributed by atoms with van der Waals surface area (Å²) in [4.78, 5) is 0. The van der Waals surface area contributed by atoms with E-state index >= 15 is 0 Å². The summed E-state index contributed by atoms with van der Waals surface area (Å²) in [6.07, 6.45) is 6.58. The molecule has 1 saturated carbocycles. The van der Waals surface area contributed by atoms with Crippen LogP contribution >= 0.6 is 18.6 Å². The summed E-state index contributed by atoms with van der Waals surface area (Å²) in [6, 6.07) is 0. The number of rotatable bonds is 4. The number of halogens is 2. The molecule has 4 unspecified atom stereocenters. The number of nitrogens with zero attached hydrogens (tertiary/aromatic N) is 3. The summed E-state index contributed by atoms with van der Waals surface area (Å²) in [5, 5.41) is 9.16. The molecule has 164 valence electrons. The van der Waals surface area contributed by atoms with Gasteiger partial charge in [-0.15, -0.1) is 13.3 Å². The average molecular weight is 493 g/mol. The zero-order valence-electron chi connectivity index (χ0n) is 19.5. The molecule has 0 aromatic carbocycles. The third kappa shape index (κ3) is 6.45. The fourth-order valence-electron chi connectivity index (χ4n) is 5.62. The molecule has 2 fully saturated rings. The Morgan fingerprint density at radius 1 is 1.10 bits per heavy atom. The van der Waals surface area contributed by atoms with Crippen molar-refractivity contribution in [2.75, 3.05) is 20.0 Å². The van der Waals surface area contributed by atoms with Gasteiger partial charge < -0.3 is 22.6 Å². The molecule has 2 aliphatic carbocycles. The zero-order chi connectivity index (χ0) is 21.1. The molecule has 7 heteroatoms. The SMILES string of the molecule is CC(C)C1=CC2C(CC(C)C2[Si](C)(C)N2C[N-]C[N-]C2)C(C(C)C)=C1.[CH3-].[Cl][Ti+4][Cl]. The molecule has 0 aromatic rings. The van der Waals surface area contributed by atoms with Crippen LogP contribution in [0.5, 0.6) is 0 Å². The van der Waals surface area contributed by atoms with E-state index in [1.807, 2.05) is 0 Å². The number of hydrogen-bond acceptors (Lipinski definition) is 1. The van der Waals surface area contributed by atoms with Gasteiger partial charge in [0.15, 0.2) is 0 Å². The minimum atomic E-state index is -1.60. The predicted molar refractivity (Wildman–Crippen MR) is 129 cm³/mol. The van der Waals surface area contributed by atoms with Crippen LogP contribution in [0.3, 0.4) is 0 Å². The third-order valence-electron chi connectivity index (χ3n) is 6.97. The molecule has 1 saturated heterocycles. The molecule has 3 nitrogen and oxygen atoms in total. The van der Waals surface area contributed by atoms with Gasteiger partial charge in [-0.3, -0.25) is 6.67 Å². The second-order valence-corrected chi connectivity index (χ2v) is 16.9. The molecule has 3 rings (SSSR count). The van der Waals surface area contributed by atoms with E-state index in [2.05, 4.69) is 75.1 Å². The Morgan fingerprint density at radius 2 is 1.66 bits per heavy atom. The summed E-state index contributed by atoms with van der Waals surface area (Å²) in [6.45, 7) is 19.6. The van der Waals surface area contributed by atoms with E-state index in [0.717, 1.165) is 36.6 Å². The average Bonchev–Trinajstić information content (AvgIpc) is 2.98. The first-order valence-electron chi connectivity index (χ1n) is 10.6. The number of hydrogen-bond donors (Lipinski definition) is 0. The topological polar surface area (TPSA) is 31.4 Å². The molecule has 0 N–H and O–H groups in total. The molecule has 1 aliphatic heterocycles. The second kappa shape index (κ2) is 12.2. The first-order chi connectivity index (χ1) is 13.1. The van der Waals surface area contributed by atoms with Gasteiger partial charge in [-0.2, -0.15) is 0 Å². The Morgan fingerprint density at radius 3 is 2.14 bits per heavy atom. The van der Waals surface area contributed by atoms with Crippen LogP contribution in [0.25, 0.3) is 10.6 Å². The first kappa shape index (κ1) is 27.9. The van der Waals surface area contributed by atoms with Crippen LogP contribution in [0.15, 0.2) is 23.3 Å². The predicted octanol–water partition coefficient (Wildman–Crippen LogP) is 7.77. The fraction of sp³-hybridized carbons (Fsp3) is 0.773. The summed E-state index contributed by atoms with van der Waals surface area (Å²) in [5.41, 5.74) is 4.09. The van der Waals surface area contributed by atoms with Crippen molar-refractivity contribution in [1.82, 2.24) is 4.57 Å². The normalized spacial score (nSPS) is 30.3. The number of allylic oxidation sites excluding steroid dienone is 4.